The number of imidazole rings is 1. The Labute approximate surface area is 146 Å². The fourth-order valence-corrected chi connectivity index (χ4v) is 2.87. The number of amides is 1. The minimum Gasteiger partial charge on any atom is -0.497 e. The Balaban J connectivity index is 1.73. The van der Waals surface area contributed by atoms with Crippen LogP contribution in [0.2, 0.25) is 0 Å². The number of aromatic nitrogens is 2. The van der Waals surface area contributed by atoms with E-state index in [-0.39, 0.29) is 18.1 Å². The number of carbonyl (C=O) groups excluding carboxylic acids is 1. The molecule has 130 valence electrons. The molecule has 25 heavy (non-hydrogen) atoms. The lowest BCUT2D eigenvalue weighted by Crippen LogP contribution is -2.37. The molecule has 0 aliphatic heterocycles. The molecular formula is C19H21N3O3. The summed E-state index contributed by atoms with van der Waals surface area (Å²) in [7, 11) is 3.26. The van der Waals surface area contributed by atoms with E-state index in [0.717, 1.165) is 22.3 Å². The fourth-order valence-electron chi connectivity index (χ4n) is 2.87. The Morgan fingerprint density at radius 3 is 2.60 bits per heavy atom. The first-order chi connectivity index (χ1) is 12.1. The number of fused-ring (bicyclic) bond motifs is 1. The first-order valence-corrected chi connectivity index (χ1v) is 8.03. The molecule has 1 heterocycles. The molecule has 1 aromatic heterocycles. The van der Waals surface area contributed by atoms with Gasteiger partial charge in [-0.2, -0.15) is 0 Å². The van der Waals surface area contributed by atoms with Gasteiger partial charge in [-0.25, -0.2) is 4.98 Å². The maximum atomic E-state index is 12.6. The van der Waals surface area contributed by atoms with E-state index in [1.165, 1.54) is 0 Å². The van der Waals surface area contributed by atoms with Gasteiger partial charge in [0.2, 0.25) is 0 Å². The van der Waals surface area contributed by atoms with E-state index < -0.39 is 0 Å². The molecular weight excluding hydrogens is 318 g/mol. The van der Waals surface area contributed by atoms with Gasteiger partial charge in [0.1, 0.15) is 11.9 Å². The van der Waals surface area contributed by atoms with E-state index in [1.54, 1.807) is 32.7 Å². The molecule has 0 fully saturated rings. The van der Waals surface area contributed by atoms with Gasteiger partial charge in [0.25, 0.3) is 5.91 Å². The van der Waals surface area contributed by atoms with Crippen LogP contribution in [0.1, 0.15) is 28.9 Å². The van der Waals surface area contributed by atoms with Gasteiger partial charge in [-0.05, 0) is 42.8 Å². The summed E-state index contributed by atoms with van der Waals surface area (Å²) in [5, 5.41) is 3.00. The van der Waals surface area contributed by atoms with Crippen molar-refractivity contribution in [1.82, 2.24) is 15.3 Å². The molecule has 0 aliphatic carbocycles. The zero-order chi connectivity index (χ0) is 17.8. The van der Waals surface area contributed by atoms with Gasteiger partial charge in [-0.3, -0.25) is 4.79 Å². The first kappa shape index (κ1) is 17.0. The lowest BCUT2D eigenvalue weighted by atomic mass is 10.0. The third-order valence-corrected chi connectivity index (χ3v) is 4.19. The normalized spacial score (nSPS) is 13.4. The van der Waals surface area contributed by atoms with Crippen LogP contribution in [0.15, 0.2) is 48.8 Å². The standard InChI is InChI=1S/C19H21N3O3/c1-12(18(25-3)13-4-7-15(24-2)8-5-13)22-19(23)14-6-9-16-17(10-14)21-11-20-16/h4-12,18H,1-3H3,(H,20,21)(H,22,23)/t12-,18+/m0/s1. The topological polar surface area (TPSA) is 76.2 Å². The van der Waals surface area contributed by atoms with Gasteiger partial charge in [-0.1, -0.05) is 12.1 Å². The second-order valence-electron chi connectivity index (χ2n) is 5.83. The Morgan fingerprint density at radius 1 is 1.16 bits per heavy atom. The van der Waals surface area contributed by atoms with Crippen molar-refractivity contribution in [1.29, 1.82) is 0 Å². The third-order valence-electron chi connectivity index (χ3n) is 4.19. The van der Waals surface area contributed by atoms with Crippen molar-refractivity contribution in [3.05, 3.63) is 59.9 Å². The van der Waals surface area contributed by atoms with Gasteiger partial charge >= 0.3 is 0 Å². The number of hydrogen-bond acceptors (Lipinski definition) is 4. The highest BCUT2D eigenvalue weighted by Gasteiger charge is 2.21. The Hall–Kier alpha value is -2.86. The van der Waals surface area contributed by atoms with Crippen LogP contribution in [-0.2, 0) is 4.74 Å². The summed E-state index contributed by atoms with van der Waals surface area (Å²) in [6, 6.07) is 12.8. The molecule has 0 radical (unpaired) electrons. The Bertz CT molecular complexity index is 858. The van der Waals surface area contributed by atoms with Crippen LogP contribution >= 0.6 is 0 Å². The third kappa shape index (κ3) is 3.64. The maximum absolute atomic E-state index is 12.6. The zero-order valence-electron chi connectivity index (χ0n) is 14.4. The number of carbonyl (C=O) groups is 1. The van der Waals surface area contributed by atoms with E-state index in [9.17, 15) is 4.79 Å². The van der Waals surface area contributed by atoms with Crippen LogP contribution in [0, 0.1) is 0 Å². The summed E-state index contributed by atoms with van der Waals surface area (Å²) in [6.07, 6.45) is 1.35. The molecule has 3 aromatic rings. The molecule has 0 saturated heterocycles. The molecule has 0 spiro atoms. The summed E-state index contributed by atoms with van der Waals surface area (Å²) in [5.74, 6) is 0.628. The fraction of sp³-hybridized carbons (Fsp3) is 0.263. The Morgan fingerprint density at radius 2 is 1.92 bits per heavy atom. The lowest BCUT2D eigenvalue weighted by molar-refractivity contribution is 0.0644. The average molecular weight is 339 g/mol. The minimum absolute atomic E-state index is 0.153. The number of rotatable bonds is 6. The highest BCUT2D eigenvalue weighted by atomic mass is 16.5. The van der Waals surface area contributed by atoms with Crippen molar-refractivity contribution in [3.63, 3.8) is 0 Å². The quantitative estimate of drug-likeness (QED) is 0.724. The molecule has 6 heteroatoms. The summed E-state index contributed by atoms with van der Waals surface area (Å²) in [6.45, 7) is 1.92. The van der Waals surface area contributed by atoms with Crippen LogP contribution in [0.5, 0.6) is 5.75 Å². The van der Waals surface area contributed by atoms with Crippen LogP contribution in [-0.4, -0.2) is 36.1 Å². The van der Waals surface area contributed by atoms with Gasteiger partial charge in [-0.15, -0.1) is 0 Å². The molecule has 6 nitrogen and oxygen atoms in total. The van der Waals surface area contributed by atoms with Gasteiger partial charge in [0, 0.05) is 12.7 Å². The summed E-state index contributed by atoms with van der Waals surface area (Å²) in [4.78, 5) is 19.7. The molecule has 2 atom stereocenters. The molecule has 0 saturated carbocycles. The van der Waals surface area contributed by atoms with Crippen molar-refractivity contribution in [2.24, 2.45) is 0 Å². The number of H-pyrrole nitrogens is 1. The van der Waals surface area contributed by atoms with E-state index >= 15 is 0 Å². The zero-order valence-corrected chi connectivity index (χ0v) is 14.4. The number of nitrogens with zero attached hydrogens (tertiary/aromatic N) is 1. The summed E-state index contributed by atoms with van der Waals surface area (Å²) in [5.41, 5.74) is 3.21. The van der Waals surface area contributed by atoms with Crippen LogP contribution in [0.4, 0.5) is 0 Å². The van der Waals surface area contributed by atoms with Crippen LogP contribution in [0.3, 0.4) is 0 Å². The lowest BCUT2D eigenvalue weighted by Gasteiger charge is -2.24. The van der Waals surface area contributed by atoms with E-state index in [2.05, 4.69) is 15.3 Å². The SMILES string of the molecule is COc1ccc([C@H](OC)[C@H](C)NC(=O)c2ccc3nc[nH]c3c2)cc1. The molecule has 3 rings (SSSR count). The maximum Gasteiger partial charge on any atom is 0.251 e. The van der Waals surface area contributed by atoms with Gasteiger partial charge in [0.15, 0.2) is 0 Å². The number of methoxy groups -OCH3 is 2. The number of benzene rings is 2. The molecule has 2 N–H and O–H groups in total. The average Bonchev–Trinajstić information content (AvgIpc) is 3.10. The number of aromatic amines is 1. The highest BCUT2D eigenvalue weighted by Crippen LogP contribution is 2.23. The van der Waals surface area contributed by atoms with Crippen molar-refractivity contribution in [2.45, 2.75) is 19.1 Å². The predicted octanol–water partition coefficient (Wildman–Crippen LogP) is 3.08. The first-order valence-electron chi connectivity index (χ1n) is 8.03. The van der Waals surface area contributed by atoms with Crippen LogP contribution < -0.4 is 10.1 Å². The van der Waals surface area contributed by atoms with Crippen molar-refractivity contribution in [2.75, 3.05) is 14.2 Å². The number of ether oxygens (including phenoxy) is 2. The minimum atomic E-state index is -0.259. The predicted molar refractivity (Wildman–Crippen MR) is 95.8 cm³/mol. The summed E-state index contributed by atoms with van der Waals surface area (Å²) >= 11 is 0. The monoisotopic (exact) mass is 339 g/mol. The second-order valence-corrected chi connectivity index (χ2v) is 5.83. The number of hydrogen-bond donors (Lipinski definition) is 2. The van der Waals surface area contributed by atoms with Crippen molar-refractivity contribution in [3.8, 4) is 5.75 Å². The second kappa shape index (κ2) is 7.36. The smallest absolute Gasteiger partial charge is 0.251 e. The molecule has 0 bridgehead atoms. The molecule has 0 aliphatic rings. The van der Waals surface area contributed by atoms with E-state index in [0.29, 0.717) is 5.56 Å². The summed E-state index contributed by atoms with van der Waals surface area (Å²) < 4.78 is 10.8. The van der Waals surface area contributed by atoms with Crippen molar-refractivity contribution < 1.29 is 14.3 Å². The van der Waals surface area contributed by atoms with E-state index in [4.69, 9.17) is 9.47 Å². The largest absolute Gasteiger partial charge is 0.497 e. The van der Waals surface area contributed by atoms with Gasteiger partial charge < -0.3 is 19.8 Å². The molecule has 2 aromatic carbocycles. The highest BCUT2D eigenvalue weighted by molar-refractivity contribution is 5.97. The number of nitrogens with one attached hydrogen (secondary N) is 2. The molecule has 1 amide bonds. The van der Waals surface area contributed by atoms with Crippen molar-refractivity contribution >= 4 is 16.9 Å². The Kier molecular flexibility index (Phi) is 5.00. The van der Waals surface area contributed by atoms with Crippen LogP contribution in [0.25, 0.3) is 11.0 Å². The molecule has 0 unspecified atom stereocenters. The van der Waals surface area contributed by atoms with Gasteiger partial charge in [0.05, 0.1) is 30.5 Å². The van der Waals surface area contributed by atoms with E-state index in [1.807, 2.05) is 37.3 Å².